The van der Waals surface area contributed by atoms with Crippen molar-refractivity contribution in [1.29, 1.82) is 0 Å². The summed E-state index contributed by atoms with van der Waals surface area (Å²) in [5.41, 5.74) is 3.22. The van der Waals surface area contributed by atoms with Crippen molar-refractivity contribution in [3.8, 4) is 0 Å². The van der Waals surface area contributed by atoms with Crippen molar-refractivity contribution in [2.24, 2.45) is 0 Å². The van der Waals surface area contributed by atoms with Gasteiger partial charge in [0.1, 0.15) is 11.0 Å². The van der Waals surface area contributed by atoms with Crippen molar-refractivity contribution < 1.29 is 28.8 Å². The van der Waals surface area contributed by atoms with Crippen LogP contribution in [0.25, 0.3) is 11.0 Å². The summed E-state index contributed by atoms with van der Waals surface area (Å²) in [5, 5.41) is 17.4. The van der Waals surface area contributed by atoms with Crippen molar-refractivity contribution in [2.75, 3.05) is 20.3 Å². The van der Waals surface area contributed by atoms with Crippen molar-refractivity contribution in [3.05, 3.63) is 46.3 Å². The van der Waals surface area contributed by atoms with Gasteiger partial charge in [0.05, 0.1) is 36.9 Å². The summed E-state index contributed by atoms with van der Waals surface area (Å²) >= 11 is 0. The standard InChI is InChI=1S/C21H25N3O6/c1-11(2)29-21(27)17-13(4)24(9-10-25)12(3)16(20(26)28-5)18(17)14-7-6-8-15-19(14)23-30-22-15/h6-8,11,18,25H,9-10H2,1-5H3. The van der Waals surface area contributed by atoms with Gasteiger partial charge in [-0.1, -0.05) is 12.1 Å². The van der Waals surface area contributed by atoms with Crippen LogP contribution in [0.3, 0.4) is 0 Å². The first-order valence-corrected chi connectivity index (χ1v) is 9.62. The van der Waals surface area contributed by atoms with Gasteiger partial charge in [0.2, 0.25) is 0 Å². The maximum Gasteiger partial charge on any atom is 0.337 e. The fourth-order valence-corrected chi connectivity index (χ4v) is 3.83. The average Bonchev–Trinajstić information content (AvgIpc) is 3.18. The predicted molar refractivity (Wildman–Crippen MR) is 107 cm³/mol. The Hall–Kier alpha value is -3.20. The number of carbonyl (C=O) groups excluding carboxylic acids is 2. The van der Waals surface area contributed by atoms with Crippen LogP contribution in [0.2, 0.25) is 0 Å². The van der Waals surface area contributed by atoms with Gasteiger partial charge in [-0.25, -0.2) is 14.2 Å². The Bertz CT molecular complexity index is 1040. The van der Waals surface area contributed by atoms with Gasteiger partial charge in [-0.3, -0.25) is 0 Å². The highest BCUT2D eigenvalue weighted by Crippen LogP contribution is 2.44. The number of aliphatic hydroxyl groups excluding tert-OH is 1. The number of esters is 2. The fourth-order valence-electron chi connectivity index (χ4n) is 3.83. The van der Waals surface area contributed by atoms with Gasteiger partial charge in [-0.05, 0) is 49.6 Å². The molecule has 1 aromatic carbocycles. The monoisotopic (exact) mass is 415 g/mol. The first-order valence-electron chi connectivity index (χ1n) is 9.62. The van der Waals surface area contributed by atoms with Crippen LogP contribution in [-0.2, 0) is 19.1 Å². The Labute approximate surface area is 173 Å². The fraction of sp³-hybridized carbons (Fsp3) is 0.429. The number of methoxy groups -OCH3 is 1. The van der Waals surface area contributed by atoms with Crippen LogP contribution >= 0.6 is 0 Å². The zero-order valence-electron chi connectivity index (χ0n) is 17.6. The molecule has 1 atom stereocenters. The van der Waals surface area contributed by atoms with Crippen LogP contribution < -0.4 is 0 Å². The third-order valence-electron chi connectivity index (χ3n) is 5.09. The topological polar surface area (TPSA) is 115 Å². The Morgan fingerprint density at radius 3 is 2.43 bits per heavy atom. The zero-order valence-corrected chi connectivity index (χ0v) is 17.6. The van der Waals surface area contributed by atoms with E-state index in [1.807, 2.05) is 0 Å². The molecule has 1 aliphatic heterocycles. The molecule has 0 fully saturated rings. The van der Waals surface area contributed by atoms with Crippen LogP contribution in [0.1, 0.15) is 39.2 Å². The third kappa shape index (κ3) is 3.68. The molecule has 1 aromatic heterocycles. The summed E-state index contributed by atoms with van der Waals surface area (Å²) in [6.45, 7) is 7.06. The number of rotatable bonds is 6. The van der Waals surface area contributed by atoms with Crippen LogP contribution in [0.4, 0.5) is 0 Å². The first kappa shape index (κ1) is 21.5. The number of fused-ring (bicyclic) bond motifs is 1. The molecule has 9 heteroatoms. The van der Waals surface area contributed by atoms with E-state index in [0.717, 1.165) is 0 Å². The molecule has 1 unspecified atom stereocenters. The van der Waals surface area contributed by atoms with E-state index in [2.05, 4.69) is 10.3 Å². The van der Waals surface area contributed by atoms with E-state index in [0.29, 0.717) is 28.0 Å². The molecule has 0 saturated carbocycles. The van der Waals surface area contributed by atoms with Gasteiger partial charge in [0.25, 0.3) is 0 Å². The maximum absolute atomic E-state index is 13.2. The zero-order chi connectivity index (χ0) is 22.0. The second kappa shape index (κ2) is 8.66. The minimum atomic E-state index is -0.797. The molecule has 9 nitrogen and oxygen atoms in total. The van der Waals surface area contributed by atoms with Crippen LogP contribution in [0.15, 0.2) is 45.4 Å². The van der Waals surface area contributed by atoms with E-state index >= 15 is 0 Å². The average molecular weight is 415 g/mol. The number of aromatic nitrogens is 2. The molecule has 30 heavy (non-hydrogen) atoms. The summed E-state index contributed by atoms with van der Waals surface area (Å²) in [4.78, 5) is 27.8. The Morgan fingerprint density at radius 2 is 1.83 bits per heavy atom. The summed E-state index contributed by atoms with van der Waals surface area (Å²) in [6, 6.07) is 5.26. The number of ether oxygens (including phenoxy) is 2. The molecule has 2 heterocycles. The number of nitrogens with zero attached hydrogens (tertiary/aromatic N) is 3. The normalized spacial score (nSPS) is 17.2. The molecular formula is C21H25N3O6. The van der Waals surface area contributed by atoms with Crippen LogP contribution in [-0.4, -0.2) is 58.6 Å². The van der Waals surface area contributed by atoms with Crippen LogP contribution in [0, 0.1) is 0 Å². The summed E-state index contributed by atoms with van der Waals surface area (Å²) in [5.74, 6) is -1.94. The van der Waals surface area contributed by atoms with E-state index in [4.69, 9.17) is 14.1 Å². The number of aliphatic hydroxyl groups is 1. The number of β-amino-alcohol motifs (C(OH)–C–C–N with tert-alkyl or cyclic N) is 1. The smallest absolute Gasteiger partial charge is 0.337 e. The lowest BCUT2D eigenvalue weighted by Gasteiger charge is -2.37. The quantitative estimate of drug-likeness (QED) is 0.710. The van der Waals surface area contributed by atoms with E-state index in [-0.39, 0.29) is 30.4 Å². The number of benzene rings is 1. The summed E-state index contributed by atoms with van der Waals surface area (Å²) < 4.78 is 15.4. The number of carbonyl (C=O) groups is 2. The first-order chi connectivity index (χ1) is 14.3. The minimum absolute atomic E-state index is 0.164. The van der Waals surface area contributed by atoms with Crippen LogP contribution in [0.5, 0.6) is 0 Å². The minimum Gasteiger partial charge on any atom is -0.466 e. The molecule has 0 saturated heterocycles. The maximum atomic E-state index is 13.2. The molecule has 0 bridgehead atoms. The Kier molecular flexibility index (Phi) is 6.21. The van der Waals surface area contributed by atoms with E-state index in [1.54, 1.807) is 50.8 Å². The predicted octanol–water partition coefficient (Wildman–Crippen LogP) is 2.29. The summed E-state index contributed by atoms with van der Waals surface area (Å²) in [6.07, 6.45) is -0.358. The Morgan fingerprint density at radius 1 is 1.17 bits per heavy atom. The van der Waals surface area contributed by atoms with E-state index < -0.39 is 17.9 Å². The molecule has 0 aliphatic carbocycles. The second-order valence-corrected chi connectivity index (χ2v) is 7.23. The highest BCUT2D eigenvalue weighted by atomic mass is 16.6. The summed E-state index contributed by atoms with van der Waals surface area (Å²) in [7, 11) is 1.28. The van der Waals surface area contributed by atoms with E-state index in [1.165, 1.54) is 7.11 Å². The third-order valence-corrected chi connectivity index (χ3v) is 5.09. The number of hydrogen-bond acceptors (Lipinski definition) is 9. The van der Waals surface area contributed by atoms with Gasteiger partial charge in [-0.2, -0.15) is 0 Å². The molecule has 0 spiro atoms. The molecule has 160 valence electrons. The highest BCUT2D eigenvalue weighted by molar-refractivity contribution is 6.01. The lowest BCUT2D eigenvalue weighted by atomic mass is 9.79. The lowest BCUT2D eigenvalue weighted by Crippen LogP contribution is -2.37. The van der Waals surface area contributed by atoms with Crippen molar-refractivity contribution >= 4 is 23.0 Å². The lowest BCUT2D eigenvalue weighted by molar-refractivity contribution is -0.143. The van der Waals surface area contributed by atoms with Gasteiger partial charge in [-0.15, -0.1) is 0 Å². The Balaban J connectivity index is 2.32. The SMILES string of the molecule is COC(=O)C1=C(C)N(CCO)C(C)=C(C(=O)OC(C)C)C1c1cccc2nonc12. The van der Waals surface area contributed by atoms with Gasteiger partial charge < -0.3 is 19.5 Å². The largest absolute Gasteiger partial charge is 0.466 e. The molecular weight excluding hydrogens is 390 g/mol. The molecule has 1 aliphatic rings. The molecule has 0 amide bonds. The highest BCUT2D eigenvalue weighted by Gasteiger charge is 2.41. The van der Waals surface area contributed by atoms with Crippen molar-refractivity contribution in [1.82, 2.24) is 15.2 Å². The molecule has 3 rings (SSSR count). The number of allylic oxidation sites excluding steroid dienone is 2. The van der Waals surface area contributed by atoms with Gasteiger partial charge in [0, 0.05) is 17.9 Å². The van der Waals surface area contributed by atoms with Crippen molar-refractivity contribution in [2.45, 2.75) is 39.7 Å². The van der Waals surface area contributed by atoms with Gasteiger partial charge >= 0.3 is 11.9 Å². The molecule has 2 aromatic rings. The van der Waals surface area contributed by atoms with Crippen molar-refractivity contribution in [3.63, 3.8) is 0 Å². The molecule has 1 N–H and O–H groups in total. The molecule has 0 radical (unpaired) electrons. The number of hydrogen-bond donors (Lipinski definition) is 1. The van der Waals surface area contributed by atoms with Gasteiger partial charge in [0.15, 0.2) is 0 Å². The second-order valence-electron chi connectivity index (χ2n) is 7.23. The van der Waals surface area contributed by atoms with E-state index in [9.17, 15) is 14.7 Å².